The Morgan fingerprint density at radius 3 is 2.71 bits per heavy atom. The van der Waals surface area contributed by atoms with Gasteiger partial charge in [0.1, 0.15) is 11.3 Å². The molecule has 8 heteroatoms. The first-order chi connectivity index (χ1) is 9.84. The standard InChI is InChI=1S/C13H19ClN4O2S/c1-4-10-11-13(17(3)16-10)18(12(15-11)8(2)14)9-5-6-21(19,20)7-9/h8-9H,4-7H2,1-3H3. The zero-order valence-corrected chi connectivity index (χ0v) is 13.9. The molecule has 0 amide bonds. The molecule has 116 valence electrons. The number of alkyl halides is 1. The van der Waals surface area contributed by atoms with E-state index in [0.29, 0.717) is 6.42 Å². The van der Waals surface area contributed by atoms with E-state index in [1.54, 1.807) is 4.68 Å². The van der Waals surface area contributed by atoms with Gasteiger partial charge in [-0.05, 0) is 19.8 Å². The second-order valence-electron chi connectivity index (χ2n) is 5.61. The molecule has 21 heavy (non-hydrogen) atoms. The Bertz CT molecular complexity index is 791. The van der Waals surface area contributed by atoms with Crippen LogP contribution in [0.4, 0.5) is 0 Å². The summed E-state index contributed by atoms with van der Waals surface area (Å²) in [6, 6.07) is -0.101. The van der Waals surface area contributed by atoms with Gasteiger partial charge in [-0.2, -0.15) is 5.10 Å². The molecule has 6 nitrogen and oxygen atoms in total. The van der Waals surface area contributed by atoms with E-state index in [-0.39, 0.29) is 22.9 Å². The van der Waals surface area contributed by atoms with Gasteiger partial charge in [0.2, 0.25) is 0 Å². The van der Waals surface area contributed by atoms with Crippen LogP contribution in [0.2, 0.25) is 0 Å². The highest BCUT2D eigenvalue weighted by molar-refractivity contribution is 7.91. The van der Waals surface area contributed by atoms with Crippen molar-refractivity contribution in [3.05, 3.63) is 11.5 Å². The number of halogens is 1. The van der Waals surface area contributed by atoms with Crippen LogP contribution in [0.15, 0.2) is 0 Å². The van der Waals surface area contributed by atoms with Gasteiger partial charge in [-0.1, -0.05) is 6.92 Å². The average Bonchev–Trinajstić information content (AvgIpc) is 3.03. The van der Waals surface area contributed by atoms with Crippen molar-refractivity contribution >= 4 is 32.6 Å². The van der Waals surface area contributed by atoms with Crippen LogP contribution in [0.1, 0.15) is 43.2 Å². The van der Waals surface area contributed by atoms with Crippen molar-refractivity contribution in [3.63, 3.8) is 0 Å². The van der Waals surface area contributed by atoms with Gasteiger partial charge in [0.05, 0.1) is 28.6 Å². The Balaban J connectivity index is 2.24. The first kappa shape index (κ1) is 14.8. The zero-order valence-electron chi connectivity index (χ0n) is 12.4. The maximum absolute atomic E-state index is 11.8. The molecule has 2 atom stereocenters. The van der Waals surface area contributed by atoms with Gasteiger partial charge in [-0.3, -0.25) is 4.68 Å². The molecule has 0 spiro atoms. The number of sulfone groups is 1. The summed E-state index contributed by atoms with van der Waals surface area (Å²) in [4.78, 5) is 4.65. The highest BCUT2D eigenvalue weighted by atomic mass is 35.5. The fourth-order valence-electron chi connectivity index (χ4n) is 3.08. The minimum Gasteiger partial charge on any atom is -0.307 e. The number of aryl methyl sites for hydroxylation is 2. The van der Waals surface area contributed by atoms with Gasteiger partial charge < -0.3 is 4.57 Å². The van der Waals surface area contributed by atoms with E-state index in [2.05, 4.69) is 10.1 Å². The molecule has 3 heterocycles. The lowest BCUT2D eigenvalue weighted by atomic mass is 10.2. The molecule has 1 fully saturated rings. The highest BCUT2D eigenvalue weighted by Gasteiger charge is 2.34. The van der Waals surface area contributed by atoms with Gasteiger partial charge in [-0.15, -0.1) is 11.6 Å². The van der Waals surface area contributed by atoms with E-state index in [1.165, 1.54) is 0 Å². The lowest BCUT2D eigenvalue weighted by Crippen LogP contribution is -2.16. The molecular weight excluding hydrogens is 312 g/mol. The highest BCUT2D eigenvalue weighted by Crippen LogP contribution is 2.34. The summed E-state index contributed by atoms with van der Waals surface area (Å²) in [6.45, 7) is 3.90. The molecule has 1 aliphatic heterocycles. The second kappa shape index (κ2) is 4.98. The first-order valence-corrected chi connectivity index (χ1v) is 9.38. The van der Waals surface area contributed by atoms with Crippen LogP contribution in [-0.4, -0.2) is 39.3 Å². The number of nitrogens with zero attached hydrogens (tertiary/aromatic N) is 4. The van der Waals surface area contributed by atoms with E-state index >= 15 is 0 Å². The Morgan fingerprint density at radius 2 is 2.19 bits per heavy atom. The Morgan fingerprint density at radius 1 is 1.48 bits per heavy atom. The van der Waals surface area contributed by atoms with E-state index in [1.807, 2.05) is 25.5 Å². The normalized spacial score (nSPS) is 23.0. The van der Waals surface area contributed by atoms with Gasteiger partial charge in [0.25, 0.3) is 0 Å². The van der Waals surface area contributed by atoms with Crippen LogP contribution in [0.3, 0.4) is 0 Å². The summed E-state index contributed by atoms with van der Waals surface area (Å²) in [6.07, 6.45) is 1.39. The number of aromatic nitrogens is 4. The SMILES string of the molecule is CCc1nn(C)c2c1nc(C(C)Cl)n2C1CCS(=O)(=O)C1. The van der Waals surface area contributed by atoms with Gasteiger partial charge >= 0.3 is 0 Å². The third kappa shape index (κ3) is 2.36. The summed E-state index contributed by atoms with van der Waals surface area (Å²) in [5, 5.41) is 4.21. The van der Waals surface area contributed by atoms with Gasteiger partial charge in [-0.25, -0.2) is 13.4 Å². The third-order valence-electron chi connectivity index (χ3n) is 4.03. The number of imidazole rings is 1. The van der Waals surface area contributed by atoms with Crippen molar-refractivity contribution < 1.29 is 8.42 Å². The largest absolute Gasteiger partial charge is 0.307 e. The second-order valence-corrected chi connectivity index (χ2v) is 8.49. The van der Waals surface area contributed by atoms with Crippen LogP contribution in [0, 0.1) is 0 Å². The summed E-state index contributed by atoms with van der Waals surface area (Å²) in [5.74, 6) is 1.12. The molecule has 0 N–H and O–H groups in total. The maximum atomic E-state index is 11.8. The number of fused-ring (bicyclic) bond motifs is 1. The lowest BCUT2D eigenvalue weighted by molar-refractivity contribution is 0.531. The molecule has 0 aromatic carbocycles. The minimum atomic E-state index is -2.97. The van der Waals surface area contributed by atoms with Crippen LogP contribution in [-0.2, 0) is 23.3 Å². The lowest BCUT2D eigenvalue weighted by Gasteiger charge is -2.16. The number of hydrogen-bond acceptors (Lipinski definition) is 4. The molecule has 2 aromatic heterocycles. The minimum absolute atomic E-state index is 0.101. The van der Waals surface area contributed by atoms with Gasteiger partial charge in [0.15, 0.2) is 15.5 Å². The smallest absolute Gasteiger partial charge is 0.159 e. The van der Waals surface area contributed by atoms with Crippen molar-refractivity contribution in [1.82, 2.24) is 19.3 Å². The fraction of sp³-hybridized carbons (Fsp3) is 0.692. The van der Waals surface area contributed by atoms with E-state index in [9.17, 15) is 8.42 Å². The van der Waals surface area contributed by atoms with Crippen LogP contribution < -0.4 is 0 Å². The topological polar surface area (TPSA) is 69.8 Å². The summed E-state index contributed by atoms with van der Waals surface area (Å²) >= 11 is 6.27. The van der Waals surface area contributed by atoms with Crippen molar-refractivity contribution in [2.24, 2.45) is 7.05 Å². The quantitative estimate of drug-likeness (QED) is 0.807. The molecule has 2 unspecified atom stereocenters. The van der Waals surface area contributed by atoms with Crippen molar-refractivity contribution in [2.45, 2.75) is 38.1 Å². The van der Waals surface area contributed by atoms with Crippen LogP contribution in [0.5, 0.6) is 0 Å². The molecule has 0 bridgehead atoms. The van der Waals surface area contributed by atoms with Crippen molar-refractivity contribution in [3.8, 4) is 0 Å². The van der Waals surface area contributed by atoms with E-state index in [4.69, 9.17) is 11.6 Å². The van der Waals surface area contributed by atoms with E-state index < -0.39 is 9.84 Å². The first-order valence-electron chi connectivity index (χ1n) is 7.12. The van der Waals surface area contributed by atoms with E-state index in [0.717, 1.165) is 29.1 Å². The Labute approximate surface area is 129 Å². The Hall–Kier alpha value is -1.08. The predicted molar refractivity (Wildman–Crippen MR) is 82.5 cm³/mol. The molecular formula is C13H19ClN4O2S. The number of hydrogen-bond donors (Lipinski definition) is 0. The molecule has 0 radical (unpaired) electrons. The molecule has 0 aliphatic carbocycles. The summed E-state index contributed by atoms with van der Waals surface area (Å²) in [7, 11) is -1.10. The fourth-order valence-corrected chi connectivity index (χ4v) is 4.93. The van der Waals surface area contributed by atoms with Crippen molar-refractivity contribution in [2.75, 3.05) is 11.5 Å². The monoisotopic (exact) mass is 330 g/mol. The third-order valence-corrected chi connectivity index (χ3v) is 5.97. The van der Waals surface area contributed by atoms with Gasteiger partial charge in [0, 0.05) is 7.05 Å². The predicted octanol–water partition coefficient (Wildman–Crippen LogP) is 1.99. The Kier molecular flexibility index (Phi) is 3.52. The molecule has 1 aliphatic rings. The van der Waals surface area contributed by atoms with Crippen molar-refractivity contribution in [1.29, 1.82) is 0 Å². The molecule has 1 saturated heterocycles. The van der Waals surface area contributed by atoms with Crippen LogP contribution >= 0.6 is 11.6 Å². The zero-order chi connectivity index (χ0) is 15.4. The maximum Gasteiger partial charge on any atom is 0.159 e. The summed E-state index contributed by atoms with van der Waals surface area (Å²) < 4.78 is 27.4. The summed E-state index contributed by atoms with van der Waals surface area (Å²) in [5.41, 5.74) is 2.63. The average molecular weight is 331 g/mol. The molecule has 0 saturated carbocycles. The molecule has 2 aromatic rings. The molecule has 3 rings (SSSR count). The van der Waals surface area contributed by atoms with Crippen LogP contribution in [0.25, 0.3) is 11.2 Å². The number of rotatable bonds is 3.